The summed E-state index contributed by atoms with van der Waals surface area (Å²) in [4.78, 5) is 41.8. The minimum Gasteiger partial charge on any atom is -0.323 e. The van der Waals surface area contributed by atoms with Crippen molar-refractivity contribution < 1.29 is 14.4 Å². The van der Waals surface area contributed by atoms with Crippen molar-refractivity contribution >= 4 is 23.7 Å². The fraction of sp³-hybridized carbons (Fsp3) is 0.500. The van der Waals surface area contributed by atoms with Crippen LogP contribution in [0.2, 0.25) is 0 Å². The molecule has 23 heavy (non-hydrogen) atoms. The molecule has 0 aromatic carbocycles. The molecular formula is C16H20N4O3. The summed E-state index contributed by atoms with van der Waals surface area (Å²) in [5, 5.41) is 5.41. The number of imide groups is 1. The van der Waals surface area contributed by atoms with Crippen LogP contribution in [0.4, 0.5) is 10.6 Å². The molecule has 122 valence electrons. The lowest BCUT2D eigenvalue weighted by Crippen LogP contribution is -2.48. The molecule has 2 heterocycles. The Morgan fingerprint density at radius 1 is 1.35 bits per heavy atom. The predicted molar refractivity (Wildman–Crippen MR) is 83.7 cm³/mol. The number of anilines is 1. The van der Waals surface area contributed by atoms with E-state index in [2.05, 4.69) is 15.6 Å². The van der Waals surface area contributed by atoms with E-state index >= 15 is 0 Å². The van der Waals surface area contributed by atoms with Gasteiger partial charge in [-0.1, -0.05) is 19.3 Å². The second-order valence-corrected chi connectivity index (χ2v) is 6.23. The van der Waals surface area contributed by atoms with Crippen LogP contribution < -0.4 is 10.6 Å². The number of pyridine rings is 1. The zero-order valence-electron chi connectivity index (χ0n) is 13.1. The fourth-order valence-corrected chi connectivity index (χ4v) is 3.24. The van der Waals surface area contributed by atoms with Crippen LogP contribution >= 0.6 is 0 Å². The van der Waals surface area contributed by atoms with Crippen molar-refractivity contribution in [3.05, 3.63) is 23.9 Å². The summed E-state index contributed by atoms with van der Waals surface area (Å²) in [5.41, 5.74) is 0.170. The first-order valence-corrected chi connectivity index (χ1v) is 7.87. The molecule has 1 aliphatic carbocycles. The van der Waals surface area contributed by atoms with Gasteiger partial charge in [-0.2, -0.15) is 0 Å². The first-order valence-electron chi connectivity index (χ1n) is 7.87. The minimum absolute atomic E-state index is 0.283. The molecule has 0 atom stereocenters. The Balaban J connectivity index is 1.66. The van der Waals surface area contributed by atoms with E-state index in [4.69, 9.17) is 0 Å². The summed E-state index contributed by atoms with van der Waals surface area (Å²) < 4.78 is 0. The van der Waals surface area contributed by atoms with E-state index in [1.54, 1.807) is 12.3 Å². The topological polar surface area (TPSA) is 91.4 Å². The van der Waals surface area contributed by atoms with Gasteiger partial charge in [0.15, 0.2) is 0 Å². The van der Waals surface area contributed by atoms with E-state index in [-0.39, 0.29) is 12.5 Å². The number of urea groups is 1. The molecule has 1 aromatic rings. The van der Waals surface area contributed by atoms with Crippen molar-refractivity contribution in [1.29, 1.82) is 0 Å². The molecule has 1 saturated carbocycles. The zero-order valence-corrected chi connectivity index (χ0v) is 13.1. The molecule has 4 amide bonds. The number of aryl methyl sites for hydroxylation is 1. The van der Waals surface area contributed by atoms with E-state index in [0.29, 0.717) is 18.7 Å². The summed E-state index contributed by atoms with van der Waals surface area (Å²) in [6.45, 7) is 1.60. The third-order valence-electron chi connectivity index (χ3n) is 4.44. The molecular weight excluding hydrogens is 296 g/mol. The predicted octanol–water partition coefficient (Wildman–Crippen LogP) is 1.58. The Hall–Kier alpha value is -2.44. The summed E-state index contributed by atoms with van der Waals surface area (Å²) in [6, 6.07) is 3.07. The van der Waals surface area contributed by atoms with E-state index < -0.39 is 17.5 Å². The van der Waals surface area contributed by atoms with Gasteiger partial charge in [-0.25, -0.2) is 9.78 Å². The molecule has 2 fully saturated rings. The van der Waals surface area contributed by atoms with Crippen LogP contribution in [0.15, 0.2) is 18.3 Å². The lowest BCUT2D eigenvalue weighted by molar-refractivity contribution is -0.134. The van der Waals surface area contributed by atoms with Gasteiger partial charge in [0.1, 0.15) is 17.9 Å². The van der Waals surface area contributed by atoms with Gasteiger partial charge in [0.25, 0.3) is 5.91 Å². The molecule has 0 unspecified atom stereocenters. The highest BCUT2D eigenvalue weighted by atomic mass is 16.2. The highest BCUT2D eigenvalue weighted by Gasteiger charge is 2.51. The highest BCUT2D eigenvalue weighted by molar-refractivity contribution is 6.10. The number of carbonyl (C=O) groups excluding carboxylic acids is 3. The number of hydrogen-bond acceptors (Lipinski definition) is 4. The Labute approximate surface area is 134 Å². The van der Waals surface area contributed by atoms with Crippen LogP contribution in [0.3, 0.4) is 0 Å². The summed E-state index contributed by atoms with van der Waals surface area (Å²) >= 11 is 0. The van der Waals surface area contributed by atoms with Crippen molar-refractivity contribution in [2.24, 2.45) is 0 Å². The average Bonchev–Trinajstić information content (AvgIpc) is 2.72. The molecule has 3 rings (SSSR count). The number of rotatable bonds is 3. The number of amides is 4. The number of nitrogens with one attached hydrogen (secondary N) is 2. The maximum atomic E-state index is 12.6. The Morgan fingerprint density at radius 3 is 2.78 bits per heavy atom. The Morgan fingerprint density at radius 2 is 2.09 bits per heavy atom. The van der Waals surface area contributed by atoms with E-state index in [1.165, 1.54) is 0 Å². The molecule has 1 spiro atoms. The first kappa shape index (κ1) is 15.5. The van der Waals surface area contributed by atoms with Crippen molar-refractivity contribution in [3.8, 4) is 0 Å². The van der Waals surface area contributed by atoms with Crippen LogP contribution in [0.5, 0.6) is 0 Å². The average molecular weight is 316 g/mol. The number of hydrogen-bond donors (Lipinski definition) is 2. The fourth-order valence-electron chi connectivity index (χ4n) is 3.24. The lowest BCUT2D eigenvalue weighted by atomic mass is 9.82. The normalized spacial score (nSPS) is 19.8. The minimum atomic E-state index is -0.794. The first-order chi connectivity index (χ1) is 11.0. The van der Waals surface area contributed by atoms with Crippen LogP contribution in [0.1, 0.15) is 37.7 Å². The van der Waals surface area contributed by atoms with Gasteiger partial charge in [0, 0.05) is 6.20 Å². The maximum Gasteiger partial charge on any atom is 0.325 e. The molecule has 0 bridgehead atoms. The van der Waals surface area contributed by atoms with Gasteiger partial charge in [-0.05, 0) is 37.5 Å². The number of carbonyl (C=O) groups is 3. The summed E-state index contributed by atoms with van der Waals surface area (Å²) in [7, 11) is 0. The Kier molecular flexibility index (Phi) is 4.02. The molecule has 7 nitrogen and oxygen atoms in total. The molecule has 0 radical (unpaired) electrons. The lowest BCUT2D eigenvalue weighted by Gasteiger charge is -2.30. The van der Waals surface area contributed by atoms with Gasteiger partial charge in [-0.15, -0.1) is 0 Å². The molecule has 1 aliphatic heterocycles. The van der Waals surface area contributed by atoms with Crippen molar-refractivity contribution in [1.82, 2.24) is 15.2 Å². The van der Waals surface area contributed by atoms with E-state index in [0.717, 1.165) is 29.7 Å². The van der Waals surface area contributed by atoms with E-state index in [9.17, 15) is 14.4 Å². The monoisotopic (exact) mass is 316 g/mol. The van der Waals surface area contributed by atoms with Crippen LogP contribution in [-0.4, -0.2) is 39.8 Å². The summed E-state index contributed by atoms with van der Waals surface area (Å²) in [5.74, 6) is -0.302. The van der Waals surface area contributed by atoms with Gasteiger partial charge >= 0.3 is 6.03 Å². The SMILES string of the molecule is Cc1ccnc(NC(=O)CN2C(=O)NC3(CCCCC3)C2=O)c1. The molecule has 1 saturated heterocycles. The molecule has 1 aromatic heterocycles. The van der Waals surface area contributed by atoms with Gasteiger partial charge in [0.2, 0.25) is 5.91 Å². The summed E-state index contributed by atoms with van der Waals surface area (Å²) in [6.07, 6.45) is 5.79. The third kappa shape index (κ3) is 3.04. The smallest absolute Gasteiger partial charge is 0.323 e. The molecule has 2 aliphatic rings. The van der Waals surface area contributed by atoms with Crippen LogP contribution in [0, 0.1) is 6.92 Å². The van der Waals surface area contributed by atoms with Crippen molar-refractivity contribution in [2.75, 3.05) is 11.9 Å². The quantitative estimate of drug-likeness (QED) is 0.828. The Bertz CT molecular complexity index is 652. The van der Waals surface area contributed by atoms with Gasteiger partial charge < -0.3 is 10.6 Å². The van der Waals surface area contributed by atoms with E-state index in [1.807, 2.05) is 13.0 Å². The number of nitrogens with zero attached hydrogens (tertiary/aromatic N) is 2. The second kappa shape index (κ2) is 5.98. The maximum absolute atomic E-state index is 12.6. The third-order valence-corrected chi connectivity index (χ3v) is 4.44. The van der Waals surface area contributed by atoms with Crippen molar-refractivity contribution in [2.45, 2.75) is 44.6 Å². The van der Waals surface area contributed by atoms with Crippen molar-refractivity contribution in [3.63, 3.8) is 0 Å². The second-order valence-electron chi connectivity index (χ2n) is 6.23. The van der Waals surface area contributed by atoms with Crippen LogP contribution in [0.25, 0.3) is 0 Å². The van der Waals surface area contributed by atoms with Gasteiger partial charge in [-0.3, -0.25) is 14.5 Å². The standard InChI is InChI=1S/C16H20N4O3/c1-11-5-8-17-12(9-11)18-13(21)10-20-14(22)16(19-15(20)23)6-3-2-4-7-16/h5,8-9H,2-4,6-7,10H2,1H3,(H,19,23)(H,17,18,21). The number of aromatic nitrogens is 1. The molecule has 2 N–H and O–H groups in total. The van der Waals surface area contributed by atoms with Crippen LogP contribution in [-0.2, 0) is 9.59 Å². The molecule has 7 heteroatoms. The zero-order chi connectivity index (χ0) is 16.4. The largest absolute Gasteiger partial charge is 0.325 e. The van der Waals surface area contributed by atoms with Gasteiger partial charge in [0.05, 0.1) is 0 Å². The highest BCUT2D eigenvalue weighted by Crippen LogP contribution is 2.33.